The summed E-state index contributed by atoms with van der Waals surface area (Å²) in [6, 6.07) is 10.2. The standard InChI is InChI=1S/C18H19FN2OS.ClH/c1-23-11-13-10-12(7-8-15(13)19)18(22)21-9-3-4-14-16(20)5-2-6-17(14)21;/h2,5-8,10H,3-4,9,11,20H2,1H3;1H. The third-order valence-electron chi connectivity index (χ3n) is 4.12. The van der Waals surface area contributed by atoms with E-state index in [1.165, 1.54) is 17.8 Å². The second-order valence-corrected chi connectivity index (χ2v) is 6.51. The molecule has 0 radical (unpaired) electrons. The summed E-state index contributed by atoms with van der Waals surface area (Å²) in [4.78, 5) is 14.7. The zero-order chi connectivity index (χ0) is 16.4. The van der Waals surface area contributed by atoms with Crippen LogP contribution in [-0.2, 0) is 12.2 Å². The minimum absolute atomic E-state index is 0. The Morgan fingerprint density at radius 1 is 1.33 bits per heavy atom. The van der Waals surface area contributed by atoms with Gasteiger partial charge in [-0.05, 0) is 60.6 Å². The number of fused-ring (bicyclic) bond motifs is 1. The van der Waals surface area contributed by atoms with Gasteiger partial charge < -0.3 is 10.6 Å². The summed E-state index contributed by atoms with van der Waals surface area (Å²) in [5.41, 5.74) is 9.74. The highest BCUT2D eigenvalue weighted by molar-refractivity contribution is 7.97. The molecule has 0 fully saturated rings. The zero-order valence-electron chi connectivity index (χ0n) is 13.4. The summed E-state index contributed by atoms with van der Waals surface area (Å²) in [6.45, 7) is 0.657. The lowest BCUT2D eigenvalue weighted by Gasteiger charge is -2.30. The van der Waals surface area contributed by atoms with E-state index in [9.17, 15) is 9.18 Å². The van der Waals surface area contributed by atoms with Crippen molar-refractivity contribution in [3.63, 3.8) is 0 Å². The molecule has 0 unspecified atom stereocenters. The van der Waals surface area contributed by atoms with E-state index in [0.717, 1.165) is 29.8 Å². The fraction of sp³-hybridized carbons (Fsp3) is 0.278. The quantitative estimate of drug-likeness (QED) is 0.824. The van der Waals surface area contributed by atoms with Crippen molar-refractivity contribution in [2.45, 2.75) is 18.6 Å². The van der Waals surface area contributed by atoms with Gasteiger partial charge in [0.05, 0.1) is 0 Å². The molecule has 0 atom stereocenters. The molecule has 0 spiro atoms. The summed E-state index contributed by atoms with van der Waals surface area (Å²) >= 11 is 1.53. The van der Waals surface area contributed by atoms with E-state index in [4.69, 9.17) is 5.73 Å². The van der Waals surface area contributed by atoms with Crippen LogP contribution in [0.4, 0.5) is 15.8 Å². The Bertz CT molecular complexity index is 754. The van der Waals surface area contributed by atoms with Crippen molar-refractivity contribution in [2.75, 3.05) is 23.4 Å². The number of anilines is 2. The van der Waals surface area contributed by atoms with Crippen molar-refractivity contribution in [2.24, 2.45) is 0 Å². The molecule has 3 nitrogen and oxygen atoms in total. The second kappa shape index (κ2) is 7.90. The molecule has 0 bridgehead atoms. The number of nitrogen functional groups attached to an aromatic ring is 1. The molecule has 0 aliphatic carbocycles. The van der Waals surface area contributed by atoms with Gasteiger partial charge in [-0.3, -0.25) is 4.79 Å². The summed E-state index contributed by atoms with van der Waals surface area (Å²) in [7, 11) is 0. The molecule has 0 saturated heterocycles. The van der Waals surface area contributed by atoms with Crippen molar-refractivity contribution in [3.05, 3.63) is 58.9 Å². The lowest BCUT2D eigenvalue weighted by molar-refractivity contribution is 0.0985. The van der Waals surface area contributed by atoms with Crippen LogP contribution in [0.2, 0.25) is 0 Å². The number of nitrogens with two attached hydrogens (primary N) is 1. The molecule has 128 valence electrons. The first-order valence-corrected chi connectivity index (χ1v) is 8.98. The first-order valence-electron chi connectivity index (χ1n) is 7.58. The van der Waals surface area contributed by atoms with E-state index in [1.54, 1.807) is 17.0 Å². The monoisotopic (exact) mass is 366 g/mol. The maximum Gasteiger partial charge on any atom is 0.258 e. The molecule has 2 aromatic carbocycles. The number of benzene rings is 2. The average molecular weight is 367 g/mol. The number of hydrogen-bond donors (Lipinski definition) is 1. The molecular weight excluding hydrogens is 347 g/mol. The highest BCUT2D eigenvalue weighted by Crippen LogP contribution is 2.32. The maximum atomic E-state index is 13.8. The van der Waals surface area contributed by atoms with Gasteiger partial charge in [0.25, 0.3) is 5.91 Å². The molecule has 3 rings (SSSR count). The van der Waals surface area contributed by atoms with Crippen LogP contribution in [0.3, 0.4) is 0 Å². The SMILES string of the molecule is CSCc1cc(C(=O)N2CCCc3c(N)cccc32)ccc1F.Cl. The minimum atomic E-state index is -0.265. The Balaban J connectivity index is 0.00000208. The van der Waals surface area contributed by atoms with Crippen molar-refractivity contribution in [3.8, 4) is 0 Å². The fourth-order valence-corrected chi connectivity index (χ4v) is 3.52. The lowest BCUT2D eigenvalue weighted by Crippen LogP contribution is -2.35. The van der Waals surface area contributed by atoms with Crippen LogP contribution in [-0.4, -0.2) is 18.7 Å². The summed E-state index contributed by atoms with van der Waals surface area (Å²) in [5.74, 6) is 0.189. The van der Waals surface area contributed by atoms with E-state index in [2.05, 4.69) is 0 Å². The molecule has 2 aromatic rings. The number of halogens is 2. The van der Waals surface area contributed by atoms with Crippen LogP contribution < -0.4 is 10.6 Å². The van der Waals surface area contributed by atoms with E-state index >= 15 is 0 Å². The van der Waals surface area contributed by atoms with Crippen molar-refractivity contribution >= 4 is 41.5 Å². The van der Waals surface area contributed by atoms with Gasteiger partial charge in [-0.1, -0.05) is 6.07 Å². The van der Waals surface area contributed by atoms with E-state index in [1.807, 2.05) is 24.5 Å². The zero-order valence-corrected chi connectivity index (χ0v) is 15.1. The van der Waals surface area contributed by atoms with E-state index in [-0.39, 0.29) is 24.1 Å². The molecule has 0 aromatic heterocycles. The molecule has 1 amide bonds. The van der Waals surface area contributed by atoms with E-state index in [0.29, 0.717) is 23.4 Å². The normalized spacial score (nSPS) is 13.2. The van der Waals surface area contributed by atoms with E-state index < -0.39 is 0 Å². The molecule has 1 aliphatic rings. The summed E-state index contributed by atoms with van der Waals surface area (Å²) < 4.78 is 13.8. The number of rotatable bonds is 3. The van der Waals surface area contributed by atoms with Gasteiger partial charge in [0.15, 0.2) is 0 Å². The molecule has 24 heavy (non-hydrogen) atoms. The number of thioether (sulfide) groups is 1. The van der Waals surface area contributed by atoms with Gasteiger partial charge in [-0.2, -0.15) is 11.8 Å². The minimum Gasteiger partial charge on any atom is -0.398 e. The Morgan fingerprint density at radius 2 is 2.12 bits per heavy atom. The Hall–Kier alpha value is -1.72. The van der Waals surface area contributed by atoms with Gasteiger partial charge in [0.2, 0.25) is 0 Å². The van der Waals surface area contributed by atoms with Crippen molar-refractivity contribution < 1.29 is 9.18 Å². The highest BCUT2D eigenvalue weighted by Gasteiger charge is 2.25. The first-order chi connectivity index (χ1) is 11.1. The Morgan fingerprint density at radius 3 is 2.88 bits per heavy atom. The van der Waals surface area contributed by atoms with Gasteiger partial charge in [-0.25, -0.2) is 4.39 Å². The Kier molecular flexibility index (Phi) is 6.13. The predicted molar refractivity (Wildman–Crippen MR) is 102 cm³/mol. The number of amides is 1. The third kappa shape index (κ3) is 3.52. The predicted octanol–water partition coefficient (Wildman–Crippen LogP) is 4.29. The highest BCUT2D eigenvalue weighted by atomic mass is 35.5. The number of carbonyl (C=O) groups is 1. The molecular formula is C18H20ClFN2OS. The number of carbonyl (C=O) groups excluding carboxylic acids is 1. The second-order valence-electron chi connectivity index (χ2n) is 5.64. The van der Waals surface area contributed by atoms with Crippen molar-refractivity contribution in [1.29, 1.82) is 0 Å². The van der Waals surface area contributed by atoms with Gasteiger partial charge in [0.1, 0.15) is 5.82 Å². The first kappa shape index (κ1) is 18.6. The van der Waals surface area contributed by atoms with Crippen LogP contribution >= 0.6 is 24.2 Å². The van der Waals surface area contributed by atoms with Gasteiger partial charge in [0, 0.05) is 29.2 Å². The topological polar surface area (TPSA) is 46.3 Å². The molecule has 1 heterocycles. The third-order valence-corrected chi connectivity index (χ3v) is 4.72. The largest absolute Gasteiger partial charge is 0.398 e. The van der Waals surface area contributed by atoms with Crippen molar-refractivity contribution in [1.82, 2.24) is 0 Å². The van der Waals surface area contributed by atoms with Gasteiger partial charge in [-0.15, -0.1) is 12.4 Å². The van der Waals surface area contributed by atoms with Crippen LogP contribution in [0.25, 0.3) is 0 Å². The van der Waals surface area contributed by atoms with Crippen LogP contribution in [0.1, 0.15) is 27.9 Å². The fourth-order valence-electron chi connectivity index (χ4n) is 2.99. The molecule has 0 saturated carbocycles. The van der Waals surface area contributed by atoms with Crippen LogP contribution in [0.15, 0.2) is 36.4 Å². The molecule has 2 N–H and O–H groups in total. The lowest BCUT2D eigenvalue weighted by atomic mass is 9.99. The number of hydrogen-bond acceptors (Lipinski definition) is 3. The van der Waals surface area contributed by atoms with Gasteiger partial charge >= 0.3 is 0 Å². The molecule has 6 heteroatoms. The summed E-state index contributed by atoms with van der Waals surface area (Å²) in [5, 5.41) is 0. The average Bonchev–Trinajstić information content (AvgIpc) is 2.56. The smallest absolute Gasteiger partial charge is 0.258 e. The van der Waals surface area contributed by atoms with Crippen LogP contribution in [0, 0.1) is 5.82 Å². The maximum absolute atomic E-state index is 13.8. The molecule has 1 aliphatic heterocycles. The summed E-state index contributed by atoms with van der Waals surface area (Å²) in [6.07, 6.45) is 3.68. The Labute approximate surface area is 151 Å². The van der Waals surface area contributed by atoms with Crippen LogP contribution in [0.5, 0.6) is 0 Å². The number of nitrogens with zero attached hydrogens (tertiary/aromatic N) is 1.